The molecule has 0 unspecified atom stereocenters. The number of urea groups is 1. The smallest absolute Gasteiger partial charge is 0.324 e. The Morgan fingerprint density at radius 2 is 1.89 bits per heavy atom. The number of hydrogen-bond acceptors (Lipinski definition) is 5. The van der Waals surface area contributed by atoms with E-state index in [2.05, 4.69) is 15.3 Å². The molecule has 1 aromatic heterocycles. The van der Waals surface area contributed by atoms with Crippen LogP contribution in [0.3, 0.4) is 0 Å². The van der Waals surface area contributed by atoms with E-state index in [0.717, 1.165) is 11.8 Å². The Hall–Kier alpha value is -4.18. The Morgan fingerprint density at radius 3 is 2.50 bits per heavy atom. The maximum atomic E-state index is 13.0. The fourth-order valence-electron chi connectivity index (χ4n) is 3.44. The minimum Gasteiger partial charge on any atom is -0.481 e. The number of carbonyl (C=O) groups is 2. The highest BCUT2D eigenvalue weighted by atomic mass is 35.5. The van der Waals surface area contributed by atoms with Gasteiger partial charge in [0.05, 0.1) is 24.3 Å². The average molecular weight is 512 g/mol. The molecule has 3 aromatic rings. The van der Waals surface area contributed by atoms with Crippen molar-refractivity contribution in [2.45, 2.75) is 13.0 Å². The number of amides is 2. The zero-order valence-corrected chi connectivity index (χ0v) is 19.7. The molecule has 11 heteroatoms. The monoisotopic (exact) mass is 511 g/mol. The summed E-state index contributed by atoms with van der Waals surface area (Å²) >= 11 is 5.96. The first-order valence-electron chi connectivity index (χ1n) is 11.0. The molecular formula is C25H23ClFN5O4. The molecule has 1 heterocycles. The predicted molar refractivity (Wildman–Crippen MR) is 132 cm³/mol. The van der Waals surface area contributed by atoms with Crippen molar-refractivity contribution in [1.29, 1.82) is 0 Å². The Balaban J connectivity index is 1.46. The third kappa shape index (κ3) is 6.70. The number of benzene rings is 2. The minimum atomic E-state index is -0.865. The van der Waals surface area contributed by atoms with Gasteiger partial charge >= 0.3 is 12.0 Å². The standard InChI is InChI=1S/C25H23ClFN5O4/c26-17-3-1-15(2-4-17)14-32(25(35)30-12-16-11-21(16)23(33)34)24(28)31-19-6-8-20(9-7-19)36-22-10-5-18(27)13-29-22/h1-10,13,16,21H,11-12,14H2,(H2,28,31)(H,30,35)(H,33,34)/t16-,21+/m0/s1. The Bertz CT molecular complexity index is 1250. The van der Waals surface area contributed by atoms with E-state index in [9.17, 15) is 14.0 Å². The normalized spacial score (nSPS) is 16.8. The Kier molecular flexibility index (Phi) is 7.65. The number of guanidine groups is 1. The van der Waals surface area contributed by atoms with E-state index in [4.69, 9.17) is 27.2 Å². The van der Waals surface area contributed by atoms with Gasteiger partial charge in [0.1, 0.15) is 11.6 Å². The number of rotatable bonds is 8. The molecule has 2 aromatic carbocycles. The fourth-order valence-corrected chi connectivity index (χ4v) is 3.57. The van der Waals surface area contributed by atoms with Crippen molar-refractivity contribution in [3.8, 4) is 11.6 Å². The summed E-state index contributed by atoms with van der Waals surface area (Å²) in [5.74, 6) is -1.23. The number of carboxylic acid groups (broad SMARTS) is 1. The van der Waals surface area contributed by atoms with Crippen molar-refractivity contribution in [2.75, 3.05) is 6.54 Å². The largest absolute Gasteiger partial charge is 0.481 e. The summed E-state index contributed by atoms with van der Waals surface area (Å²) < 4.78 is 18.6. The third-order valence-corrected chi connectivity index (χ3v) is 5.79. The van der Waals surface area contributed by atoms with Gasteiger partial charge in [-0.3, -0.25) is 9.69 Å². The van der Waals surface area contributed by atoms with Gasteiger partial charge in [0.15, 0.2) is 0 Å². The van der Waals surface area contributed by atoms with Crippen LogP contribution in [-0.4, -0.2) is 39.5 Å². The zero-order valence-electron chi connectivity index (χ0n) is 19.0. The van der Waals surface area contributed by atoms with E-state index in [1.54, 1.807) is 48.5 Å². The van der Waals surface area contributed by atoms with Crippen LogP contribution >= 0.6 is 11.6 Å². The molecule has 36 heavy (non-hydrogen) atoms. The lowest BCUT2D eigenvalue weighted by Crippen LogP contribution is -2.47. The summed E-state index contributed by atoms with van der Waals surface area (Å²) in [4.78, 5) is 33.5. The van der Waals surface area contributed by atoms with Crippen LogP contribution in [0, 0.1) is 17.7 Å². The number of aromatic nitrogens is 1. The molecule has 4 rings (SSSR count). The minimum absolute atomic E-state index is 0.0538. The van der Waals surface area contributed by atoms with Gasteiger partial charge < -0.3 is 20.9 Å². The number of aliphatic imine (C=N–C) groups is 1. The molecule has 0 radical (unpaired) electrons. The van der Waals surface area contributed by atoms with E-state index in [1.807, 2.05) is 0 Å². The van der Waals surface area contributed by atoms with Gasteiger partial charge in [-0.2, -0.15) is 0 Å². The quantitative estimate of drug-likeness (QED) is 0.300. The Labute approximate surface area is 211 Å². The van der Waals surface area contributed by atoms with Gasteiger partial charge in [-0.1, -0.05) is 23.7 Å². The van der Waals surface area contributed by atoms with Crippen molar-refractivity contribution in [2.24, 2.45) is 22.6 Å². The molecule has 1 aliphatic rings. The van der Waals surface area contributed by atoms with Gasteiger partial charge in [-0.15, -0.1) is 0 Å². The lowest BCUT2D eigenvalue weighted by molar-refractivity contribution is -0.138. The van der Waals surface area contributed by atoms with E-state index in [0.29, 0.717) is 22.9 Å². The molecule has 0 saturated heterocycles. The Morgan fingerprint density at radius 1 is 1.17 bits per heavy atom. The van der Waals surface area contributed by atoms with Crippen LogP contribution in [0.25, 0.3) is 0 Å². The van der Waals surface area contributed by atoms with Crippen LogP contribution in [0.4, 0.5) is 14.9 Å². The molecule has 0 aliphatic heterocycles. The summed E-state index contributed by atoms with van der Waals surface area (Å²) in [6.45, 7) is 0.354. The van der Waals surface area contributed by atoms with Gasteiger partial charge in [-0.25, -0.2) is 19.2 Å². The number of pyridine rings is 1. The highest BCUT2D eigenvalue weighted by Gasteiger charge is 2.43. The molecule has 1 fully saturated rings. The number of hydrogen-bond donors (Lipinski definition) is 3. The van der Waals surface area contributed by atoms with Crippen molar-refractivity contribution in [3.05, 3.63) is 83.3 Å². The zero-order chi connectivity index (χ0) is 25.7. The molecule has 1 saturated carbocycles. The van der Waals surface area contributed by atoms with Gasteiger partial charge in [-0.05, 0) is 60.4 Å². The number of carbonyl (C=O) groups excluding carboxylic acids is 1. The number of ether oxygens (including phenoxy) is 1. The second-order valence-corrected chi connectivity index (χ2v) is 8.66. The number of halogens is 2. The second-order valence-electron chi connectivity index (χ2n) is 8.22. The topological polar surface area (TPSA) is 130 Å². The van der Waals surface area contributed by atoms with Gasteiger partial charge in [0.2, 0.25) is 11.8 Å². The molecule has 4 N–H and O–H groups in total. The summed E-state index contributed by atoms with van der Waals surface area (Å²) in [6.07, 6.45) is 1.58. The van der Waals surface area contributed by atoms with Gasteiger partial charge in [0, 0.05) is 17.6 Å². The molecule has 2 atom stereocenters. The number of nitrogens with zero attached hydrogens (tertiary/aromatic N) is 3. The van der Waals surface area contributed by atoms with Crippen molar-refractivity contribution >= 4 is 35.2 Å². The number of aliphatic carboxylic acids is 1. The highest BCUT2D eigenvalue weighted by molar-refractivity contribution is 6.30. The number of nitrogens with one attached hydrogen (secondary N) is 1. The van der Waals surface area contributed by atoms with E-state index in [-0.39, 0.29) is 30.8 Å². The lowest BCUT2D eigenvalue weighted by Gasteiger charge is -2.22. The average Bonchev–Trinajstić information content (AvgIpc) is 3.65. The van der Waals surface area contributed by atoms with Crippen LogP contribution in [-0.2, 0) is 11.3 Å². The molecular weight excluding hydrogens is 489 g/mol. The molecule has 2 amide bonds. The lowest BCUT2D eigenvalue weighted by atomic mass is 10.2. The highest BCUT2D eigenvalue weighted by Crippen LogP contribution is 2.37. The number of nitrogens with two attached hydrogens (primary N) is 1. The second kappa shape index (κ2) is 11.0. The van der Waals surface area contributed by atoms with Crippen LogP contribution in [0.2, 0.25) is 5.02 Å². The predicted octanol–water partition coefficient (Wildman–Crippen LogP) is 4.55. The van der Waals surface area contributed by atoms with E-state index in [1.165, 1.54) is 17.0 Å². The van der Waals surface area contributed by atoms with E-state index < -0.39 is 23.7 Å². The first-order valence-corrected chi connectivity index (χ1v) is 11.4. The van der Waals surface area contributed by atoms with E-state index >= 15 is 0 Å². The first kappa shape index (κ1) is 24.9. The number of carboxylic acids is 1. The first-order chi connectivity index (χ1) is 17.3. The van der Waals surface area contributed by atoms with Crippen molar-refractivity contribution in [1.82, 2.24) is 15.2 Å². The van der Waals surface area contributed by atoms with Crippen molar-refractivity contribution < 1.29 is 23.8 Å². The SMILES string of the molecule is NC(=Nc1ccc(Oc2ccc(F)cn2)cc1)N(Cc1ccc(Cl)cc1)C(=O)NC[C@@H]1C[C@H]1C(=O)O. The third-order valence-electron chi connectivity index (χ3n) is 5.53. The van der Waals surface area contributed by atoms with Crippen LogP contribution in [0.15, 0.2) is 71.9 Å². The summed E-state index contributed by atoms with van der Waals surface area (Å²) in [5.41, 5.74) is 7.46. The van der Waals surface area contributed by atoms with Crippen LogP contribution in [0.1, 0.15) is 12.0 Å². The fraction of sp³-hybridized carbons (Fsp3) is 0.200. The maximum Gasteiger partial charge on any atom is 0.324 e. The molecule has 9 nitrogen and oxygen atoms in total. The van der Waals surface area contributed by atoms with Crippen LogP contribution < -0.4 is 15.8 Å². The summed E-state index contributed by atoms with van der Waals surface area (Å²) in [7, 11) is 0. The van der Waals surface area contributed by atoms with Crippen LogP contribution in [0.5, 0.6) is 11.6 Å². The molecule has 0 bridgehead atoms. The summed E-state index contributed by atoms with van der Waals surface area (Å²) in [6, 6.07) is 15.7. The maximum absolute atomic E-state index is 13.0. The molecule has 1 aliphatic carbocycles. The van der Waals surface area contributed by atoms with Gasteiger partial charge in [0.25, 0.3) is 0 Å². The molecule has 0 spiro atoms. The summed E-state index contributed by atoms with van der Waals surface area (Å²) in [5, 5.41) is 12.4. The van der Waals surface area contributed by atoms with Crippen molar-refractivity contribution in [3.63, 3.8) is 0 Å². The molecule has 186 valence electrons.